The largest absolute Gasteiger partial charge is 0.432 e. The zero-order chi connectivity index (χ0) is 46.6. The van der Waals surface area contributed by atoms with Gasteiger partial charge in [0.2, 0.25) is 6.29 Å². The highest BCUT2D eigenvalue weighted by Gasteiger charge is 2.66. The molecule has 0 radical (unpaired) electrons. The molecule has 0 bridgehead atoms. The van der Waals surface area contributed by atoms with Crippen LogP contribution in [0.3, 0.4) is 0 Å². The molecule has 9 N–H and O–H groups in total. The number of hydrogen-bond acceptors (Lipinski definition) is 17. The van der Waals surface area contributed by atoms with Gasteiger partial charge in [-0.2, -0.15) is 0 Å². The van der Waals surface area contributed by atoms with E-state index >= 15 is 0 Å². The van der Waals surface area contributed by atoms with E-state index < -0.39 is 122 Å². The predicted molar refractivity (Wildman–Crippen MR) is 223 cm³/mol. The number of aliphatic hydroxyl groups is 9. The number of fused-ring (bicyclic) bond motifs is 6. The van der Waals surface area contributed by atoms with Gasteiger partial charge >= 0.3 is 5.97 Å². The van der Waals surface area contributed by atoms with Gasteiger partial charge in [0.1, 0.15) is 72.9 Å². The number of esters is 1. The first-order valence-electron chi connectivity index (χ1n) is 23.7. The molecule has 3 heterocycles. The van der Waals surface area contributed by atoms with Crippen molar-refractivity contribution in [1.29, 1.82) is 0 Å². The summed E-state index contributed by atoms with van der Waals surface area (Å²) in [5.41, 5.74) is 0.954. The van der Waals surface area contributed by atoms with E-state index in [1.54, 1.807) is 0 Å². The first-order valence-corrected chi connectivity index (χ1v) is 23.7. The normalized spacial score (nSPS) is 51.3. The number of carbonyl (C=O) groups is 2. The topological polar surface area (TPSA) is 272 Å². The van der Waals surface area contributed by atoms with Crippen molar-refractivity contribution >= 4 is 11.8 Å². The van der Waals surface area contributed by atoms with Gasteiger partial charge in [-0.3, -0.25) is 9.59 Å². The Morgan fingerprint density at radius 3 is 2.05 bits per heavy atom. The zero-order valence-electron chi connectivity index (χ0n) is 38.4. The van der Waals surface area contributed by atoms with E-state index in [9.17, 15) is 55.5 Å². The standard InChI is InChI=1S/C47H74O17/c1-21-30(50)32(52)35(55)40(60-21)63-38-26(18-48)61-39(37(57)34(38)54)59-19-27-31(51)33(53)36(56)41(62-27)64-42(58)47-15-12-23-22-8-11-28-44(4,5)29(49)13-14-45(28,6)24(22)9-10-25(23)46(47,7)20-43(2,3)16-17-47/h21-22,24,26-28,30-41,48,50-57H,8-20H2,1-7H3. The lowest BCUT2D eigenvalue weighted by Gasteiger charge is -2.64. The lowest BCUT2D eigenvalue weighted by Crippen LogP contribution is -2.65. The fourth-order valence-corrected chi connectivity index (χ4v) is 14.5. The van der Waals surface area contributed by atoms with Gasteiger partial charge in [-0.25, -0.2) is 0 Å². The Hall–Kier alpha value is -1.68. The van der Waals surface area contributed by atoms with E-state index in [-0.39, 0.29) is 16.2 Å². The summed E-state index contributed by atoms with van der Waals surface area (Å²) in [5.74, 6) is 1.02. The van der Waals surface area contributed by atoms with Crippen LogP contribution < -0.4 is 0 Å². The Morgan fingerprint density at radius 2 is 1.34 bits per heavy atom. The number of Topliss-reactive ketones (excluding diaryl/α,β-unsaturated/α-hetero) is 1. The van der Waals surface area contributed by atoms with E-state index in [2.05, 4.69) is 41.5 Å². The average Bonchev–Trinajstić information content (AvgIpc) is 3.24. The molecule has 17 heteroatoms. The SMILES string of the molecule is CC1OC(OC2C(CO)OC(OCC3OC(OC(=O)C45CCC6=C(CCC7C6CCC6C(C)(C)C(=O)CCC76C)C4(C)CC(C)(C)CC5)C(O)C(O)C3O)C(O)C2O)C(O)C(O)C1O. The molecule has 0 aromatic heterocycles. The van der Waals surface area contributed by atoms with Gasteiger partial charge in [-0.1, -0.05) is 52.7 Å². The van der Waals surface area contributed by atoms with Gasteiger partial charge in [0.25, 0.3) is 0 Å². The molecular weight excluding hydrogens is 837 g/mol. The average molecular weight is 911 g/mol. The molecule has 21 atom stereocenters. The first kappa shape index (κ1) is 48.8. The van der Waals surface area contributed by atoms with Crippen molar-refractivity contribution in [3.8, 4) is 0 Å². The fourth-order valence-electron chi connectivity index (χ4n) is 14.5. The Balaban J connectivity index is 0.968. The van der Waals surface area contributed by atoms with Gasteiger partial charge < -0.3 is 74.4 Å². The van der Waals surface area contributed by atoms with Crippen LogP contribution in [0.1, 0.15) is 119 Å². The van der Waals surface area contributed by atoms with Crippen LogP contribution in [0.5, 0.6) is 0 Å². The monoisotopic (exact) mass is 910 g/mol. The van der Waals surface area contributed by atoms with E-state index in [0.717, 1.165) is 51.4 Å². The van der Waals surface area contributed by atoms with E-state index in [0.29, 0.717) is 42.8 Å². The van der Waals surface area contributed by atoms with Crippen LogP contribution in [0.2, 0.25) is 0 Å². The molecule has 17 nitrogen and oxygen atoms in total. The summed E-state index contributed by atoms with van der Waals surface area (Å²) in [6.07, 6.45) is -15.2. The number of hydrogen-bond donors (Lipinski definition) is 9. The number of rotatable bonds is 8. The molecular formula is C47H74O17. The van der Waals surface area contributed by atoms with Crippen molar-refractivity contribution in [2.75, 3.05) is 13.2 Å². The molecule has 3 aliphatic heterocycles. The third-order valence-corrected chi connectivity index (χ3v) is 18.1. The van der Waals surface area contributed by atoms with Crippen LogP contribution in [0.25, 0.3) is 0 Å². The third-order valence-electron chi connectivity index (χ3n) is 18.1. The van der Waals surface area contributed by atoms with Gasteiger partial charge in [-0.05, 0) is 99.7 Å². The number of ether oxygens (including phenoxy) is 6. The highest BCUT2D eigenvalue weighted by Crippen LogP contribution is 2.71. The minimum Gasteiger partial charge on any atom is -0.432 e. The van der Waals surface area contributed by atoms with Crippen molar-refractivity contribution in [3.63, 3.8) is 0 Å². The molecule has 0 spiro atoms. The highest BCUT2D eigenvalue weighted by molar-refractivity contribution is 5.85. The lowest BCUT2D eigenvalue weighted by atomic mass is 9.39. The number of allylic oxidation sites excluding steroid dienone is 2. The van der Waals surface area contributed by atoms with Gasteiger partial charge in [-0.15, -0.1) is 0 Å². The van der Waals surface area contributed by atoms with E-state index in [1.165, 1.54) is 18.1 Å². The summed E-state index contributed by atoms with van der Waals surface area (Å²) in [6, 6.07) is 0. The summed E-state index contributed by atoms with van der Waals surface area (Å²) in [4.78, 5) is 28.1. The van der Waals surface area contributed by atoms with Crippen LogP contribution in [0, 0.1) is 44.8 Å². The number of aliphatic hydroxyl groups excluding tert-OH is 9. The molecule has 8 aliphatic rings. The summed E-state index contributed by atoms with van der Waals surface area (Å²) in [5, 5.41) is 96.3. The summed E-state index contributed by atoms with van der Waals surface area (Å²) >= 11 is 0. The van der Waals surface area contributed by atoms with E-state index in [4.69, 9.17) is 28.4 Å². The first-order chi connectivity index (χ1) is 29.9. The lowest BCUT2D eigenvalue weighted by molar-refractivity contribution is -0.361. The quantitative estimate of drug-likeness (QED) is 0.122. The summed E-state index contributed by atoms with van der Waals surface area (Å²) in [6.45, 7) is 13.5. The minimum absolute atomic E-state index is 0.0578. The van der Waals surface area contributed by atoms with Crippen LogP contribution in [-0.4, -0.2) is 163 Å². The summed E-state index contributed by atoms with van der Waals surface area (Å²) in [7, 11) is 0. The van der Waals surface area contributed by atoms with Crippen LogP contribution in [0.4, 0.5) is 0 Å². The Kier molecular flexibility index (Phi) is 13.2. The molecule has 3 saturated carbocycles. The maximum atomic E-state index is 15.0. The molecule has 364 valence electrons. The molecule has 3 saturated heterocycles. The second kappa shape index (κ2) is 17.4. The van der Waals surface area contributed by atoms with Crippen LogP contribution >= 0.6 is 0 Å². The number of carbonyl (C=O) groups excluding carboxylic acids is 2. The number of ketones is 1. The minimum atomic E-state index is -1.84. The molecule has 64 heavy (non-hydrogen) atoms. The molecule has 0 amide bonds. The molecule has 0 aromatic carbocycles. The Morgan fingerprint density at radius 1 is 0.688 bits per heavy atom. The van der Waals surface area contributed by atoms with Crippen molar-refractivity contribution in [2.24, 2.45) is 44.8 Å². The molecule has 6 fully saturated rings. The molecule has 5 aliphatic carbocycles. The maximum absolute atomic E-state index is 15.0. The highest BCUT2D eigenvalue weighted by atomic mass is 16.8. The van der Waals surface area contributed by atoms with Crippen LogP contribution in [0.15, 0.2) is 11.1 Å². The van der Waals surface area contributed by atoms with Gasteiger partial charge in [0, 0.05) is 17.3 Å². The Bertz CT molecular complexity index is 1790. The molecule has 0 aromatic rings. The predicted octanol–water partition coefficient (Wildman–Crippen LogP) is 1.13. The Labute approximate surface area is 375 Å². The second-order valence-electron chi connectivity index (χ2n) is 22.5. The van der Waals surface area contributed by atoms with Gasteiger partial charge in [0.15, 0.2) is 12.6 Å². The third kappa shape index (κ3) is 7.77. The molecule has 8 rings (SSSR count). The van der Waals surface area contributed by atoms with Gasteiger partial charge in [0.05, 0.1) is 24.7 Å². The zero-order valence-corrected chi connectivity index (χ0v) is 38.4. The second-order valence-corrected chi connectivity index (χ2v) is 22.5. The smallest absolute Gasteiger partial charge is 0.315 e. The summed E-state index contributed by atoms with van der Waals surface area (Å²) < 4.78 is 34.7. The van der Waals surface area contributed by atoms with E-state index in [1.807, 2.05) is 0 Å². The van der Waals surface area contributed by atoms with Crippen molar-refractivity contribution in [1.82, 2.24) is 0 Å². The van der Waals surface area contributed by atoms with Crippen molar-refractivity contribution in [2.45, 2.75) is 211 Å². The molecule has 21 unspecified atom stereocenters. The van der Waals surface area contributed by atoms with Crippen LogP contribution in [-0.2, 0) is 38.0 Å². The fraction of sp³-hybridized carbons (Fsp3) is 0.915. The maximum Gasteiger partial charge on any atom is 0.315 e. The van der Waals surface area contributed by atoms with Crippen molar-refractivity contribution < 1.29 is 84.0 Å². The van der Waals surface area contributed by atoms with Crippen molar-refractivity contribution in [3.05, 3.63) is 11.1 Å².